The fourth-order valence-electron chi connectivity index (χ4n) is 4.70. The highest BCUT2D eigenvalue weighted by Crippen LogP contribution is 2.41. The molecule has 2 aromatic rings. The minimum absolute atomic E-state index is 0.0375. The number of H-pyrrole nitrogens is 1. The predicted molar refractivity (Wildman–Crippen MR) is 106 cm³/mol. The lowest BCUT2D eigenvalue weighted by Gasteiger charge is -2.36. The van der Waals surface area contributed by atoms with E-state index in [1.54, 1.807) is 23.5 Å². The quantitative estimate of drug-likeness (QED) is 0.818. The van der Waals surface area contributed by atoms with Gasteiger partial charge >= 0.3 is 0 Å². The van der Waals surface area contributed by atoms with E-state index in [1.165, 1.54) is 19.3 Å². The number of fused-ring (bicyclic) bond motifs is 1. The molecule has 0 saturated heterocycles. The Morgan fingerprint density at radius 2 is 2.19 bits per heavy atom. The molecule has 2 aliphatic rings. The fourth-order valence-corrected chi connectivity index (χ4v) is 4.70. The molecule has 0 radical (unpaired) electrons. The zero-order valence-electron chi connectivity index (χ0n) is 16.6. The number of allylic oxidation sites excluding steroid dienone is 1. The van der Waals surface area contributed by atoms with Gasteiger partial charge in [-0.3, -0.25) is 9.69 Å². The van der Waals surface area contributed by atoms with E-state index in [9.17, 15) is 4.79 Å². The topological polar surface area (TPSA) is 62.1 Å². The first kappa shape index (κ1) is 18.2. The minimum atomic E-state index is -0.0375. The third-order valence-electron chi connectivity index (χ3n) is 6.27. The molecule has 3 heterocycles. The van der Waals surface area contributed by atoms with E-state index in [2.05, 4.69) is 35.6 Å². The average Bonchev–Trinajstić information content (AvgIpc) is 3.15. The summed E-state index contributed by atoms with van der Waals surface area (Å²) in [6, 6.07) is 3.63. The van der Waals surface area contributed by atoms with Crippen molar-refractivity contribution in [1.82, 2.24) is 14.9 Å². The summed E-state index contributed by atoms with van der Waals surface area (Å²) in [5.41, 5.74) is 5.20. The van der Waals surface area contributed by atoms with Gasteiger partial charge in [-0.15, -0.1) is 0 Å². The van der Waals surface area contributed by atoms with Gasteiger partial charge in [0, 0.05) is 26.1 Å². The molecule has 4 rings (SSSR count). The summed E-state index contributed by atoms with van der Waals surface area (Å²) in [6.07, 6.45) is 7.33. The molecule has 27 heavy (non-hydrogen) atoms. The molecule has 0 amide bonds. The van der Waals surface area contributed by atoms with Gasteiger partial charge in [0.15, 0.2) is 11.6 Å². The number of nitrogens with one attached hydrogen (secondary N) is 1. The van der Waals surface area contributed by atoms with Gasteiger partial charge in [0.05, 0.1) is 17.5 Å². The lowest BCUT2D eigenvalue weighted by Crippen LogP contribution is -2.37. The summed E-state index contributed by atoms with van der Waals surface area (Å²) < 4.78 is 5.37. The maximum absolute atomic E-state index is 12.6. The highest BCUT2D eigenvalue weighted by atomic mass is 16.3. The van der Waals surface area contributed by atoms with Crippen molar-refractivity contribution in [3.05, 3.63) is 51.2 Å². The molecule has 0 fully saturated rings. The molecule has 0 saturated carbocycles. The Bertz CT molecular complexity index is 906. The Labute approximate surface area is 160 Å². The van der Waals surface area contributed by atoms with Crippen molar-refractivity contribution in [3.8, 4) is 11.6 Å². The number of aromatic amines is 1. The Kier molecular flexibility index (Phi) is 4.81. The van der Waals surface area contributed by atoms with Crippen molar-refractivity contribution in [2.45, 2.75) is 59.4 Å². The Hall–Kier alpha value is -2.14. The van der Waals surface area contributed by atoms with E-state index >= 15 is 0 Å². The van der Waals surface area contributed by atoms with Crippen molar-refractivity contribution >= 4 is 0 Å². The zero-order valence-corrected chi connectivity index (χ0v) is 16.6. The first-order valence-electron chi connectivity index (χ1n) is 10.0. The molecule has 0 atom stereocenters. The summed E-state index contributed by atoms with van der Waals surface area (Å²) in [6.45, 7) is 9.70. The summed E-state index contributed by atoms with van der Waals surface area (Å²) in [5, 5.41) is 0. The second-order valence-corrected chi connectivity index (χ2v) is 8.59. The highest BCUT2D eigenvalue weighted by molar-refractivity contribution is 5.47. The average molecular weight is 367 g/mol. The van der Waals surface area contributed by atoms with E-state index in [1.807, 2.05) is 6.07 Å². The van der Waals surface area contributed by atoms with Crippen LogP contribution in [0.4, 0.5) is 0 Å². The first-order chi connectivity index (χ1) is 12.9. The molecule has 0 aromatic carbocycles. The standard InChI is InChI=1S/C22H29N3O2/c1-15-6-4-10-22(2,3)17(15)8-11-25-12-9-18-16(14-25)21(26)24-20(23-18)19-7-5-13-27-19/h5,7,13H,4,6,8-12,14H2,1-3H3,(H,23,24,26). The summed E-state index contributed by atoms with van der Waals surface area (Å²) in [7, 11) is 0. The second kappa shape index (κ2) is 7.12. The molecule has 1 aliphatic heterocycles. The van der Waals surface area contributed by atoms with Crippen LogP contribution in [-0.2, 0) is 13.0 Å². The summed E-state index contributed by atoms with van der Waals surface area (Å²) in [4.78, 5) is 22.6. The van der Waals surface area contributed by atoms with Gasteiger partial charge in [-0.25, -0.2) is 4.98 Å². The highest BCUT2D eigenvalue weighted by Gasteiger charge is 2.29. The normalized spacial score (nSPS) is 20.0. The minimum Gasteiger partial charge on any atom is -0.461 e. The van der Waals surface area contributed by atoms with Crippen molar-refractivity contribution in [2.24, 2.45) is 5.41 Å². The number of aromatic nitrogens is 2. The third kappa shape index (κ3) is 3.65. The number of hydrogen-bond donors (Lipinski definition) is 1. The third-order valence-corrected chi connectivity index (χ3v) is 6.27. The van der Waals surface area contributed by atoms with Crippen molar-refractivity contribution in [3.63, 3.8) is 0 Å². The number of nitrogens with zero attached hydrogens (tertiary/aromatic N) is 2. The van der Waals surface area contributed by atoms with E-state index in [-0.39, 0.29) is 5.56 Å². The van der Waals surface area contributed by atoms with E-state index < -0.39 is 0 Å². The first-order valence-corrected chi connectivity index (χ1v) is 10.0. The van der Waals surface area contributed by atoms with Gasteiger partial charge in [0.25, 0.3) is 5.56 Å². The smallest absolute Gasteiger partial charge is 0.256 e. The molecule has 0 unspecified atom stereocenters. The summed E-state index contributed by atoms with van der Waals surface area (Å²) >= 11 is 0. The van der Waals surface area contributed by atoms with Gasteiger partial charge in [-0.1, -0.05) is 25.0 Å². The van der Waals surface area contributed by atoms with Gasteiger partial charge in [0.2, 0.25) is 0 Å². The molecule has 5 heteroatoms. The fraction of sp³-hybridized carbons (Fsp3) is 0.545. The van der Waals surface area contributed by atoms with Crippen LogP contribution in [0.1, 0.15) is 57.7 Å². The maximum Gasteiger partial charge on any atom is 0.256 e. The molecule has 2 aromatic heterocycles. The van der Waals surface area contributed by atoms with Crippen molar-refractivity contribution in [1.29, 1.82) is 0 Å². The van der Waals surface area contributed by atoms with Crippen LogP contribution in [0.3, 0.4) is 0 Å². The van der Waals surface area contributed by atoms with Gasteiger partial charge in [0.1, 0.15) is 0 Å². The van der Waals surface area contributed by atoms with Crippen LogP contribution in [0.25, 0.3) is 11.6 Å². The Morgan fingerprint density at radius 3 is 2.93 bits per heavy atom. The van der Waals surface area contributed by atoms with Gasteiger partial charge in [-0.05, 0) is 50.2 Å². The Morgan fingerprint density at radius 1 is 1.33 bits per heavy atom. The lowest BCUT2D eigenvalue weighted by molar-refractivity contribution is 0.242. The molecule has 0 spiro atoms. The van der Waals surface area contributed by atoms with Crippen LogP contribution in [0.5, 0.6) is 0 Å². The van der Waals surface area contributed by atoms with Crippen LogP contribution in [-0.4, -0.2) is 28.0 Å². The second-order valence-electron chi connectivity index (χ2n) is 8.59. The molecular weight excluding hydrogens is 338 g/mol. The monoisotopic (exact) mass is 367 g/mol. The van der Waals surface area contributed by atoms with Gasteiger partial charge in [-0.2, -0.15) is 0 Å². The van der Waals surface area contributed by atoms with E-state index in [0.29, 0.717) is 23.5 Å². The number of furan rings is 1. The molecule has 0 bridgehead atoms. The predicted octanol–water partition coefficient (Wildman–Crippen LogP) is 4.30. The number of rotatable bonds is 4. The number of hydrogen-bond acceptors (Lipinski definition) is 4. The summed E-state index contributed by atoms with van der Waals surface area (Å²) in [5.74, 6) is 1.14. The van der Waals surface area contributed by atoms with Crippen LogP contribution >= 0.6 is 0 Å². The van der Waals surface area contributed by atoms with Crippen LogP contribution in [0.2, 0.25) is 0 Å². The van der Waals surface area contributed by atoms with E-state index in [0.717, 1.165) is 37.2 Å². The van der Waals surface area contributed by atoms with Crippen LogP contribution in [0.15, 0.2) is 38.8 Å². The van der Waals surface area contributed by atoms with Crippen LogP contribution < -0.4 is 5.56 Å². The van der Waals surface area contributed by atoms with Crippen molar-refractivity contribution < 1.29 is 4.42 Å². The Balaban J connectivity index is 1.48. The largest absolute Gasteiger partial charge is 0.461 e. The molecule has 1 N–H and O–H groups in total. The SMILES string of the molecule is CC1=C(CCN2CCc3nc(-c4ccco4)[nH]c(=O)c3C2)C(C)(C)CCC1. The maximum atomic E-state index is 12.6. The molecule has 5 nitrogen and oxygen atoms in total. The van der Waals surface area contributed by atoms with Crippen LogP contribution in [0, 0.1) is 5.41 Å². The van der Waals surface area contributed by atoms with Crippen molar-refractivity contribution in [2.75, 3.05) is 13.1 Å². The van der Waals surface area contributed by atoms with E-state index in [4.69, 9.17) is 4.42 Å². The zero-order chi connectivity index (χ0) is 19.0. The van der Waals surface area contributed by atoms with Gasteiger partial charge < -0.3 is 9.40 Å². The molecule has 1 aliphatic carbocycles. The molecular formula is C22H29N3O2. The molecule has 144 valence electrons. The lowest BCUT2D eigenvalue weighted by atomic mass is 9.71.